The zero-order chi connectivity index (χ0) is 14.4. The topological polar surface area (TPSA) is 56.7 Å². The molecule has 2 heterocycles. The van der Waals surface area contributed by atoms with E-state index in [4.69, 9.17) is 10.7 Å². The first-order valence-electron chi connectivity index (χ1n) is 6.87. The maximum Gasteiger partial charge on any atom is 0.114 e. The van der Waals surface area contributed by atoms with Crippen molar-refractivity contribution in [2.45, 2.75) is 13.3 Å². The highest BCUT2D eigenvalue weighted by Crippen LogP contribution is 2.27. The van der Waals surface area contributed by atoms with E-state index in [1.54, 1.807) is 11.3 Å². The number of hydrogen-bond acceptors (Lipinski definition) is 4. The Morgan fingerprint density at radius 3 is 2.90 bits per heavy atom. The third kappa shape index (κ3) is 1.89. The number of aryl methyl sites for hydroxylation is 1. The molecule has 0 saturated heterocycles. The predicted molar refractivity (Wildman–Crippen MR) is 88.0 cm³/mol. The summed E-state index contributed by atoms with van der Waals surface area (Å²) >= 11 is 1.66. The zero-order valence-corrected chi connectivity index (χ0v) is 12.4. The minimum atomic E-state index is 0.743. The van der Waals surface area contributed by atoms with Crippen LogP contribution in [0.2, 0.25) is 0 Å². The van der Waals surface area contributed by atoms with Crippen LogP contribution in [0.15, 0.2) is 41.9 Å². The van der Waals surface area contributed by atoms with Gasteiger partial charge in [0.25, 0.3) is 0 Å². The van der Waals surface area contributed by atoms with Gasteiger partial charge in [-0.2, -0.15) is 0 Å². The predicted octanol–water partition coefficient (Wildman–Crippen LogP) is 3.78. The largest absolute Gasteiger partial charge is 0.399 e. The standard InChI is InChI=1S/C16H14N4S/c1-2-16-19-13-7-10(17)3-6-14(13)20(16)11-4-5-12-15(8-11)21-9-18-12/h3-9H,2,17H2,1H3. The molecule has 104 valence electrons. The molecule has 0 bridgehead atoms. The van der Waals surface area contributed by atoms with Crippen LogP contribution in [-0.4, -0.2) is 14.5 Å². The lowest BCUT2D eigenvalue weighted by atomic mass is 10.2. The number of benzene rings is 2. The fourth-order valence-corrected chi connectivity index (χ4v) is 3.37. The van der Waals surface area contributed by atoms with Crippen molar-refractivity contribution >= 4 is 38.3 Å². The molecule has 0 saturated carbocycles. The van der Waals surface area contributed by atoms with Gasteiger partial charge in [-0.15, -0.1) is 11.3 Å². The molecule has 0 radical (unpaired) electrons. The number of thiazole rings is 1. The molecule has 4 nitrogen and oxygen atoms in total. The molecule has 2 aromatic carbocycles. The Hall–Kier alpha value is -2.40. The highest BCUT2D eigenvalue weighted by atomic mass is 32.1. The molecule has 0 unspecified atom stereocenters. The van der Waals surface area contributed by atoms with Crippen molar-refractivity contribution in [1.82, 2.24) is 14.5 Å². The Kier molecular flexibility index (Phi) is 2.68. The van der Waals surface area contributed by atoms with Crippen LogP contribution in [0.4, 0.5) is 5.69 Å². The highest BCUT2D eigenvalue weighted by molar-refractivity contribution is 7.16. The van der Waals surface area contributed by atoms with Crippen molar-refractivity contribution in [3.63, 3.8) is 0 Å². The maximum atomic E-state index is 5.87. The molecule has 0 aliphatic carbocycles. The number of nitrogen functional groups attached to an aromatic ring is 1. The number of aromatic nitrogens is 3. The third-order valence-corrected chi connectivity index (χ3v) is 4.43. The van der Waals surface area contributed by atoms with Gasteiger partial charge < -0.3 is 5.73 Å². The quantitative estimate of drug-likeness (QED) is 0.572. The SMILES string of the molecule is CCc1nc2cc(N)ccc2n1-c1ccc2ncsc2c1. The molecule has 0 spiro atoms. The number of hydrogen-bond donors (Lipinski definition) is 1. The van der Waals surface area contributed by atoms with Gasteiger partial charge in [0.05, 0.1) is 26.8 Å². The second kappa shape index (κ2) is 4.56. The molecule has 0 atom stereocenters. The molecule has 0 amide bonds. The van der Waals surface area contributed by atoms with Crippen molar-refractivity contribution < 1.29 is 0 Å². The summed E-state index contributed by atoms with van der Waals surface area (Å²) in [5, 5.41) is 0. The molecule has 0 aliphatic rings. The molecule has 2 N–H and O–H groups in total. The van der Waals surface area contributed by atoms with Crippen LogP contribution in [-0.2, 0) is 6.42 Å². The van der Waals surface area contributed by atoms with Crippen LogP contribution >= 0.6 is 11.3 Å². The van der Waals surface area contributed by atoms with E-state index in [2.05, 4.69) is 34.7 Å². The van der Waals surface area contributed by atoms with E-state index >= 15 is 0 Å². The molecule has 5 heteroatoms. The summed E-state index contributed by atoms with van der Waals surface area (Å²) in [5.74, 6) is 1.04. The number of rotatable bonds is 2. The number of anilines is 1. The second-order valence-corrected chi connectivity index (χ2v) is 5.86. The summed E-state index contributed by atoms with van der Waals surface area (Å²) in [6, 6.07) is 12.2. The highest BCUT2D eigenvalue weighted by Gasteiger charge is 2.12. The van der Waals surface area contributed by atoms with E-state index in [-0.39, 0.29) is 0 Å². The smallest absolute Gasteiger partial charge is 0.114 e. The summed E-state index contributed by atoms with van der Waals surface area (Å²) in [6.45, 7) is 2.12. The van der Waals surface area contributed by atoms with Crippen LogP contribution in [0, 0.1) is 0 Å². The van der Waals surface area contributed by atoms with Crippen LogP contribution in [0.3, 0.4) is 0 Å². The number of nitrogens with zero attached hydrogens (tertiary/aromatic N) is 3. The lowest BCUT2D eigenvalue weighted by Gasteiger charge is -2.08. The Bertz CT molecular complexity index is 951. The summed E-state index contributed by atoms with van der Waals surface area (Å²) < 4.78 is 3.39. The lowest BCUT2D eigenvalue weighted by Crippen LogP contribution is -1.99. The molecule has 21 heavy (non-hydrogen) atoms. The lowest BCUT2D eigenvalue weighted by molar-refractivity contribution is 0.909. The average Bonchev–Trinajstić information content (AvgIpc) is 3.09. The second-order valence-electron chi connectivity index (χ2n) is 4.97. The van der Waals surface area contributed by atoms with Gasteiger partial charge in [0.15, 0.2) is 0 Å². The van der Waals surface area contributed by atoms with Gasteiger partial charge in [-0.3, -0.25) is 4.57 Å². The molecule has 4 rings (SSSR count). The number of nitrogens with two attached hydrogens (primary N) is 1. The van der Waals surface area contributed by atoms with Gasteiger partial charge in [0, 0.05) is 17.8 Å². The Morgan fingerprint density at radius 1 is 1.14 bits per heavy atom. The average molecular weight is 294 g/mol. The Labute approximate surface area is 125 Å². The van der Waals surface area contributed by atoms with Crippen LogP contribution in [0.5, 0.6) is 0 Å². The fourth-order valence-electron chi connectivity index (χ4n) is 2.66. The van der Waals surface area contributed by atoms with E-state index < -0.39 is 0 Å². The molecular formula is C16H14N4S. The van der Waals surface area contributed by atoms with Crippen molar-refractivity contribution in [2.24, 2.45) is 0 Å². The first-order valence-corrected chi connectivity index (χ1v) is 7.74. The van der Waals surface area contributed by atoms with Gasteiger partial charge in [0.2, 0.25) is 0 Å². The normalized spacial score (nSPS) is 11.5. The minimum Gasteiger partial charge on any atom is -0.399 e. The molecule has 2 aromatic heterocycles. The summed E-state index contributed by atoms with van der Waals surface area (Å²) in [7, 11) is 0. The van der Waals surface area contributed by atoms with Crippen LogP contribution in [0.1, 0.15) is 12.7 Å². The van der Waals surface area contributed by atoms with Gasteiger partial charge in [0.1, 0.15) is 5.82 Å². The Morgan fingerprint density at radius 2 is 2.05 bits per heavy atom. The maximum absolute atomic E-state index is 5.87. The van der Waals surface area contributed by atoms with Crippen molar-refractivity contribution in [2.75, 3.05) is 5.73 Å². The van der Waals surface area contributed by atoms with Crippen molar-refractivity contribution in [3.05, 3.63) is 47.7 Å². The van der Waals surface area contributed by atoms with Crippen LogP contribution in [0.25, 0.3) is 26.9 Å². The van der Waals surface area contributed by atoms with Crippen LogP contribution < -0.4 is 5.73 Å². The minimum absolute atomic E-state index is 0.743. The van der Waals surface area contributed by atoms with E-state index in [1.807, 2.05) is 23.7 Å². The first-order chi connectivity index (χ1) is 10.3. The Balaban J connectivity index is 2.03. The summed E-state index contributed by atoms with van der Waals surface area (Å²) in [5.41, 5.74) is 12.7. The summed E-state index contributed by atoms with van der Waals surface area (Å²) in [4.78, 5) is 9.04. The summed E-state index contributed by atoms with van der Waals surface area (Å²) in [6.07, 6.45) is 0.870. The third-order valence-electron chi connectivity index (χ3n) is 3.64. The van der Waals surface area contributed by atoms with E-state index in [9.17, 15) is 0 Å². The van der Waals surface area contributed by atoms with E-state index in [0.29, 0.717) is 0 Å². The van der Waals surface area contributed by atoms with E-state index in [0.717, 1.165) is 40.2 Å². The van der Waals surface area contributed by atoms with Gasteiger partial charge in [-0.05, 0) is 36.4 Å². The monoisotopic (exact) mass is 294 g/mol. The molecular weight excluding hydrogens is 280 g/mol. The molecule has 0 aliphatic heterocycles. The van der Waals surface area contributed by atoms with Crippen molar-refractivity contribution in [1.29, 1.82) is 0 Å². The van der Waals surface area contributed by atoms with Gasteiger partial charge in [-0.1, -0.05) is 6.92 Å². The van der Waals surface area contributed by atoms with Gasteiger partial charge in [-0.25, -0.2) is 9.97 Å². The molecule has 4 aromatic rings. The first kappa shape index (κ1) is 12.3. The van der Waals surface area contributed by atoms with E-state index in [1.165, 1.54) is 4.70 Å². The number of fused-ring (bicyclic) bond motifs is 2. The van der Waals surface area contributed by atoms with Crippen molar-refractivity contribution in [3.8, 4) is 5.69 Å². The van der Waals surface area contributed by atoms with Gasteiger partial charge >= 0.3 is 0 Å². The molecule has 0 fully saturated rings. The number of imidazole rings is 1. The fraction of sp³-hybridized carbons (Fsp3) is 0.125. The zero-order valence-electron chi connectivity index (χ0n) is 11.6.